The van der Waals surface area contributed by atoms with E-state index in [1.807, 2.05) is 13.0 Å². The molecule has 0 fully saturated rings. The van der Waals surface area contributed by atoms with Gasteiger partial charge in [0.05, 0.1) is 0 Å². The number of anilines is 1. The van der Waals surface area contributed by atoms with Crippen molar-refractivity contribution < 1.29 is 4.74 Å². The van der Waals surface area contributed by atoms with Crippen molar-refractivity contribution >= 4 is 5.82 Å². The van der Waals surface area contributed by atoms with Gasteiger partial charge in [-0.2, -0.15) is 4.98 Å². The maximum atomic E-state index is 5.41. The molecule has 0 saturated carbocycles. The summed E-state index contributed by atoms with van der Waals surface area (Å²) in [6, 6.07) is 1.82. The van der Waals surface area contributed by atoms with E-state index < -0.39 is 0 Å². The summed E-state index contributed by atoms with van der Waals surface area (Å²) in [5.41, 5.74) is 0. The highest BCUT2D eigenvalue weighted by atomic mass is 16.5. The molecule has 16 heavy (non-hydrogen) atoms. The molecule has 0 bridgehead atoms. The fraction of sp³-hybridized carbons (Fsp3) is 0.500. The van der Waals surface area contributed by atoms with Crippen LogP contribution in [0.3, 0.4) is 0 Å². The zero-order valence-corrected chi connectivity index (χ0v) is 9.99. The Morgan fingerprint density at radius 3 is 2.88 bits per heavy atom. The van der Waals surface area contributed by atoms with Gasteiger partial charge in [-0.05, 0) is 6.42 Å². The Morgan fingerprint density at radius 1 is 1.44 bits per heavy atom. The van der Waals surface area contributed by atoms with E-state index in [1.54, 1.807) is 6.08 Å². The molecule has 0 unspecified atom stereocenters. The van der Waals surface area contributed by atoms with E-state index in [4.69, 9.17) is 4.74 Å². The minimum Gasteiger partial charge on any atom is -0.473 e. The van der Waals surface area contributed by atoms with E-state index >= 15 is 0 Å². The number of hydrogen-bond donors (Lipinski definition) is 1. The summed E-state index contributed by atoms with van der Waals surface area (Å²) in [6.07, 6.45) is 3.56. The third-order valence-corrected chi connectivity index (χ3v) is 1.97. The van der Waals surface area contributed by atoms with E-state index in [1.165, 1.54) is 0 Å². The maximum absolute atomic E-state index is 5.41. The second-order valence-electron chi connectivity index (χ2n) is 3.39. The van der Waals surface area contributed by atoms with Crippen molar-refractivity contribution in [2.24, 2.45) is 0 Å². The van der Waals surface area contributed by atoms with E-state index in [0.29, 0.717) is 12.5 Å². The molecule has 1 aromatic heterocycles. The smallest absolute Gasteiger partial charge is 0.219 e. The first-order valence-corrected chi connectivity index (χ1v) is 5.65. The molecule has 1 rings (SSSR count). The summed E-state index contributed by atoms with van der Waals surface area (Å²) in [6.45, 7) is 9.11. The summed E-state index contributed by atoms with van der Waals surface area (Å²) >= 11 is 0. The molecule has 1 N–H and O–H groups in total. The van der Waals surface area contributed by atoms with Crippen molar-refractivity contribution in [2.75, 3.05) is 18.5 Å². The van der Waals surface area contributed by atoms with Crippen LogP contribution in [0, 0.1) is 0 Å². The number of hydrogen-bond acceptors (Lipinski definition) is 4. The number of aromatic nitrogens is 2. The molecule has 4 heteroatoms. The topological polar surface area (TPSA) is 47.0 Å². The predicted molar refractivity (Wildman–Crippen MR) is 65.9 cm³/mol. The zero-order valence-electron chi connectivity index (χ0n) is 9.99. The highest BCUT2D eigenvalue weighted by Gasteiger charge is 2.03. The first kappa shape index (κ1) is 12.5. The largest absolute Gasteiger partial charge is 0.473 e. The Bertz CT molecular complexity index is 339. The van der Waals surface area contributed by atoms with Gasteiger partial charge >= 0.3 is 0 Å². The van der Waals surface area contributed by atoms with Gasteiger partial charge in [0.2, 0.25) is 5.88 Å². The minimum absolute atomic E-state index is 0.466. The van der Waals surface area contributed by atoms with Gasteiger partial charge in [0.25, 0.3) is 0 Å². The van der Waals surface area contributed by atoms with Gasteiger partial charge in [0.15, 0.2) is 0 Å². The summed E-state index contributed by atoms with van der Waals surface area (Å²) in [7, 11) is 0. The number of aryl methyl sites for hydroxylation is 1. The second-order valence-corrected chi connectivity index (χ2v) is 3.39. The van der Waals surface area contributed by atoms with Crippen LogP contribution in [0.4, 0.5) is 5.82 Å². The van der Waals surface area contributed by atoms with Crippen molar-refractivity contribution in [3.63, 3.8) is 0 Å². The van der Waals surface area contributed by atoms with Crippen molar-refractivity contribution in [1.29, 1.82) is 0 Å². The molecule has 1 heterocycles. The quantitative estimate of drug-likeness (QED) is 0.718. The average molecular weight is 221 g/mol. The molecule has 0 radical (unpaired) electrons. The average Bonchev–Trinajstić information content (AvgIpc) is 2.33. The van der Waals surface area contributed by atoms with Gasteiger partial charge in [-0.25, -0.2) is 4.98 Å². The van der Waals surface area contributed by atoms with Gasteiger partial charge in [-0.1, -0.05) is 26.5 Å². The molecule has 0 aromatic carbocycles. The van der Waals surface area contributed by atoms with Gasteiger partial charge in [-0.3, -0.25) is 0 Å². The molecular formula is C12H19N3O. The molecule has 0 spiro atoms. The molecule has 4 nitrogen and oxygen atoms in total. The highest BCUT2D eigenvalue weighted by Crippen LogP contribution is 2.14. The van der Waals surface area contributed by atoms with Crippen LogP contribution in [-0.2, 0) is 6.42 Å². The van der Waals surface area contributed by atoms with Crippen molar-refractivity contribution in [3.8, 4) is 5.88 Å². The van der Waals surface area contributed by atoms with E-state index in [0.717, 1.165) is 31.0 Å². The zero-order chi connectivity index (χ0) is 11.8. The molecule has 0 aliphatic heterocycles. The van der Waals surface area contributed by atoms with Crippen LogP contribution >= 0.6 is 0 Å². The fourth-order valence-electron chi connectivity index (χ4n) is 1.19. The van der Waals surface area contributed by atoms with Gasteiger partial charge < -0.3 is 10.1 Å². The molecule has 0 saturated heterocycles. The van der Waals surface area contributed by atoms with Crippen LogP contribution < -0.4 is 10.1 Å². The van der Waals surface area contributed by atoms with Gasteiger partial charge in [0.1, 0.15) is 18.2 Å². The lowest BCUT2D eigenvalue weighted by Crippen LogP contribution is -2.06. The third kappa shape index (κ3) is 3.88. The Balaban J connectivity index is 2.78. The number of nitrogens with one attached hydrogen (secondary N) is 1. The van der Waals surface area contributed by atoms with Crippen molar-refractivity contribution in [3.05, 3.63) is 24.5 Å². The molecular weight excluding hydrogens is 202 g/mol. The van der Waals surface area contributed by atoms with Crippen LogP contribution in [0.25, 0.3) is 0 Å². The monoisotopic (exact) mass is 221 g/mol. The molecule has 0 atom stereocenters. The van der Waals surface area contributed by atoms with Crippen LogP contribution in [0.15, 0.2) is 18.7 Å². The highest BCUT2D eigenvalue weighted by molar-refractivity contribution is 5.38. The Hall–Kier alpha value is -1.58. The second kappa shape index (κ2) is 6.82. The summed E-state index contributed by atoms with van der Waals surface area (Å²) in [4.78, 5) is 8.65. The first-order chi connectivity index (χ1) is 7.80. The van der Waals surface area contributed by atoms with Gasteiger partial charge in [0, 0.05) is 19.0 Å². The third-order valence-electron chi connectivity index (χ3n) is 1.97. The van der Waals surface area contributed by atoms with Crippen LogP contribution in [-0.4, -0.2) is 23.1 Å². The minimum atomic E-state index is 0.466. The fourth-order valence-corrected chi connectivity index (χ4v) is 1.19. The SMILES string of the molecule is C=CCOc1cc(NCCC)nc(CC)n1. The van der Waals surface area contributed by atoms with Crippen molar-refractivity contribution in [2.45, 2.75) is 26.7 Å². The maximum Gasteiger partial charge on any atom is 0.219 e. The number of rotatable bonds is 7. The standard InChI is InChI=1S/C12H19N3O/c1-4-7-13-11-9-12(16-8-5-2)15-10(6-3)14-11/h5,9H,2,4,6-8H2,1,3H3,(H,13,14,15). The predicted octanol–water partition coefficient (Wildman–Crippen LogP) is 2.43. The van der Waals surface area contributed by atoms with Crippen LogP contribution in [0.5, 0.6) is 5.88 Å². The molecule has 0 aliphatic rings. The molecule has 0 amide bonds. The summed E-state index contributed by atoms with van der Waals surface area (Å²) in [5.74, 6) is 2.22. The van der Waals surface area contributed by atoms with E-state index in [2.05, 4.69) is 28.8 Å². The molecule has 0 aliphatic carbocycles. The number of nitrogens with zero attached hydrogens (tertiary/aromatic N) is 2. The molecule has 88 valence electrons. The summed E-state index contributed by atoms with van der Waals surface area (Å²) < 4.78 is 5.41. The van der Waals surface area contributed by atoms with Gasteiger partial charge in [-0.15, -0.1) is 0 Å². The first-order valence-electron chi connectivity index (χ1n) is 5.65. The summed E-state index contributed by atoms with van der Waals surface area (Å²) in [5, 5.41) is 3.23. The lowest BCUT2D eigenvalue weighted by molar-refractivity contribution is 0.347. The van der Waals surface area contributed by atoms with Crippen molar-refractivity contribution in [1.82, 2.24) is 9.97 Å². The van der Waals surface area contributed by atoms with E-state index in [9.17, 15) is 0 Å². The lowest BCUT2D eigenvalue weighted by Gasteiger charge is -2.08. The number of ether oxygens (including phenoxy) is 1. The normalized spacial score (nSPS) is 9.88. The lowest BCUT2D eigenvalue weighted by atomic mass is 10.4. The van der Waals surface area contributed by atoms with E-state index in [-0.39, 0.29) is 0 Å². The van der Waals surface area contributed by atoms with Crippen LogP contribution in [0.1, 0.15) is 26.1 Å². The molecule has 1 aromatic rings. The Labute approximate surface area is 96.8 Å². The Morgan fingerprint density at radius 2 is 2.25 bits per heavy atom. The van der Waals surface area contributed by atoms with Crippen LogP contribution in [0.2, 0.25) is 0 Å². The Kier molecular flexibility index (Phi) is 5.32.